The molecule has 1 aromatic heterocycles. The number of carbonyl (C=O) groups excluding carboxylic acids is 1. The molecule has 4 nitrogen and oxygen atoms in total. The van der Waals surface area contributed by atoms with Gasteiger partial charge in [0.05, 0.1) is 16.4 Å². The van der Waals surface area contributed by atoms with Crippen molar-refractivity contribution in [1.82, 2.24) is 9.78 Å². The minimum absolute atomic E-state index is 0.0554. The predicted octanol–water partition coefficient (Wildman–Crippen LogP) is 1.87. The average molecular weight is 258 g/mol. The Morgan fingerprint density at radius 2 is 2.18 bits per heavy atom. The molecule has 0 saturated heterocycles. The van der Waals surface area contributed by atoms with Gasteiger partial charge in [-0.3, -0.25) is 9.48 Å². The first-order valence-corrected chi connectivity index (χ1v) is 6.34. The second-order valence-corrected chi connectivity index (χ2v) is 4.65. The lowest BCUT2D eigenvalue weighted by Crippen LogP contribution is -2.24. The number of carbonyl (C=O) groups is 1. The van der Waals surface area contributed by atoms with E-state index in [1.807, 2.05) is 20.9 Å². The Balaban J connectivity index is 2.74. The van der Waals surface area contributed by atoms with Gasteiger partial charge in [0, 0.05) is 25.9 Å². The molecule has 0 bridgehead atoms. The van der Waals surface area contributed by atoms with E-state index < -0.39 is 0 Å². The van der Waals surface area contributed by atoms with Crippen LogP contribution in [0.3, 0.4) is 0 Å². The zero-order valence-electron chi connectivity index (χ0n) is 10.7. The Labute approximate surface area is 107 Å². The molecule has 17 heavy (non-hydrogen) atoms. The van der Waals surface area contributed by atoms with Gasteiger partial charge >= 0.3 is 0 Å². The molecule has 0 saturated carbocycles. The van der Waals surface area contributed by atoms with Crippen LogP contribution in [0.5, 0.6) is 0 Å². The van der Waals surface area contributed by atoms with E-state index in [9.17, 15) is 4.79 Å². The third-order valence-corrected chi connectivity index (χ3v) is 3.32. The maximum Gasteiger partial charge on any atom is 0.140 e. The maximum absolute atomic E-state index is 11.8. The van der Waals surface area contributed by atoms with E-state index in [2.05, 4.69) is 5.10 Å². The van der Waals surface area contributed by atoms with E-state index >= 15 is 0 Å². The number of Topliss-reactive ketones (excluding diaryl/α,β-unsaturated/α-hetero) is 1. The van der Waals surface area contributed by atoms with Gasteiger partial charge in [0.2, 0.25) is 0 Å². The molecule has 1 aromatic rings. The molecular weight excluding hydrogens is 238 g/mol. The van der Waals surface area contributed by atoms with Gasteiger partial charge in [0.25, 0.3) is 0 Å². The van der Waals surface area contributed by atoms with Gasteiger partial charge in [-0.25, -0.2) is 0 Å². The van der Waals surface area contributed by atoms with Gasteiger partial charge in [-0.2, -0.15) is 5.10 Å². The lowest BCUT2D eigenvalue weighted by Gasteiger charge is -2.07. The fourth-order valence-electron chi connectivity index (χ4n) is 1.71. The van der Waals surface area contributed by atoms with Gasteiger partial charge in [0.15, 0.2) is 0 Å². The highest BCUT2D eigenvalue weighted by molar-refractivity contribution is 6.32. The van der Waals surface area contributed by atoms with Crippen LogP contribution in [-0.4, -0.2) is 21.6 Å². The molecule has 0 amide bonds. The summed E-state index contributed by atoms with van der Waals surface area (Å²) in [5, 5.41) is 4.90. The second kappa shape index (κ2) is 6.17. The molecule has 1 atom stereocenters. The van der Waals surface area contributed by atoms with Crippen molar-refractivity contribution >= 4 is 17.4 Å². The van der Waals surface area contributed by atoms with Crippen molar-refractivity contribution in [3.63, 3.8) is 0 Å². The number of rotatable bonds is 6. The molecule has 0 spiro atoms. The topological polar surface area (TPSA) is 60.9 Å². The number of aromatic nitrogens is 2. The molecular formula is C12H20ClN3O. The lowest BCUT2D eigenvalue weighted by molar-refractivity contribution is -0.118. The molecule has 2 N–H and O–H groups in total. The zero-order valence-corrected chi connectivity index (χ0v) is 11.4. The predicted molar refractivity (Wildman–Crippen MR) is 69.2 cm³/mol. The van der Waals surface area contributed by atoms with Crippen LogP contribution >= 0.6 is 11.6 Å². The Morgan fingerprint density at radius 3 is 2.65 bits per heavy atom. The maximum atomic E-state index is 11.8. The van der Waals surface area contributed by atoms with Gasteiger partial charge in [-0.1, -0.05) is 25.4 Å². The summed E-state index contributed by atoms with van der Waals surface area (Å²) in [5.74, 6) is 0.118. The van der Waals surface area contributed by atoms with Crippen molar-refractivity contribution in [2.45, 2.75) is 45.6 Å². The van der Waals surface area contributed by atoms with Crippen molar-refractivity contribution in [2.75, 3.05) is 0 Å². The highest BCUT2D eigenvalue weighted by atomic mass is 35.5. The molecule has 0 aliphatic rings. The quantitative estimate of drug-likeness (QED) is 0.846. The number of hydrogen-bond donors (Lipinski definition) is 1. The molecule has 1 unspecified atom stereocenters. The summed E-state index contributed by atoms with van der Waals surface area (Å²) in [6, 6.07) is -0.0554. The van der Waals surface area contributed by atoms with Crippen LogP contribution in [-0.2, 0) is 24.7 Å². The zero-order chi connectivity index (χ0) is 13.0. The lowest BCUT2D eigenvalue weighted by atomic mass is 10.1. The van der Waals surface area contributed by atoms with Crippen LogP contribution in [0.25, 0.3) is 0 Å². The van der Waals surface area contributed by atoms with Crippen molar-refractivity contribution in [3.05, 3.63) is 16.4 Å². The standard InChI is InChI=1S/C12H20ClN3O/c1-4-8(14)6-9(17)7-11-12(13)10(5-2)15-16(11)3/h8H,4-7,14H2,1-3H3. The third-order valence-electron chi connectivity index (χ3n) is 2.88. The monoisotopic (exact) mass is 257 g/mol. The van der Waals surface area contributed by atoms with E-state index in [1.165, 1.54) is 0 Å². The fraction of sp³-hybridized carbons (Fsp3) is 0.667. The smallest absolute Gasteiger partial charge is 0.140 e. The van der Waals surface area contributed by atoms with Crippen LogP contribution in [0.15, 0.2) is 0 Å². The molecule has 0 aliphatic heterocycles. The van der Waals surface area contributed by atoms with Gasteiger partial charge < -0.3 is 5.73 Å². The SMILES string of the molecule is CCc1nn(C)c(CC(=O)CC(N)CC)c1Cl. The Hall–Kier alpha value is -0.870. The normalized spacial score (nSPS) is 12.8. The number of halogens is 1. The van der Waals surface area contributed by atoms with E-state index in [0.29, 0.717) is 17.9 Å². The summed E-state index contributed by atoms with van der Waals surface area (Å²) in [4.78, 5) is 11.8. The summed E-state index contributed by atoms with van der Waals surface area (Å²) in [7, 11) is 1.81. The largest absolute Gasteiger partial charge is 0.327 e. The minimum Gasteiger partial charge on any atom is -0.327 e. The first-order chi connectivity index (χ1) is 7.99. The Morgan fingerprint density at radius 1 is 1.53 bits per heavy atom. The van der Waals surface area contributed by atoms with Gasteiger partial charge in [0.1, 0.15) is 5.78 Å². The van der Waals surface area contributed by atoms with Gasteiger partial charge in [-0.15, -0.1) is 0 Å². The molecule has 0 aliphatic carbocycles. The number of nitrogens with zero attached hydrogens (tertiary/aromatic N) is 2. The number of aryl methyl sites for hydroxylation is 2. The molecule has 0 fully saturated rings. The summed E-state index contributed by atoms with van der Waals surface area (Å²) in [6.45, 7) is 3.97. The van der Waals surface area contributed by atoms with Crippen molar-refractivity contribution in [1.29, 1.82) is 0 Å². The number of ketones is 1. The molecule has 1 heterocycles. The van der Waals surface area contributed by atoms with Crippen molar-refractivity contribution in [2.24, 2.45) is 12.8 Å². The summed E-state index contributed by atoms with van der Waals surface area (Å²) >= 11 is 6.18. The number of hydrogen-bond acceptors (Lipinski definition) is 3. The molecule has 0 radical (unpaired) electrons. The molecule has 96 valence electrons. The summed E-state index contributed by atoms with van der Waals surface area (Å²) in [6.07, 6.45) is 2.30. The highest BCUT2D eigenvalue weighted by Gasteiger charge is 2.17. The fourth-order valence-corrected chi connectivity index (χ4v) is 2.07. The van der Waals surface area contributed by atoms with Crippen LogP contribution in [0, 0.1) is 0 Å². The first kappa shape index (κ1) is 14.2. The molecule has 1 rings (SSSR count). The summed E-state index contributed by atoms with van der Waals surface area (Å²) < 4.78 is 1.69. The first-order valence-electron chi connectivity index (χ1n) is 5.97. The third kappa shape index (κ3) is 3.54. The van der Waals surface area contributed by atoms with E-state index in [1.54, 1.807) is 4.68 Å². The average Bonchev–Trinajstić information content (AvgIpc) is 2.56. The van der Waals surface area contributed by atoms with Crippen LogP contribution < -0.4 is 5.73 Å². The van der Waals surface area contributed by atoms with Crippen molar-refractivity contribution in [3.8, 4) is 0 Å². The van der Waals surface area contributed by atoms with E-state index in [-0.39, 0.29) is 11.8 Å². The number of nitrogens with two attached hydrogens (primary N) is 1. The Bertz CT molecular complexity index is 401. The van der Waals surface area contributed by atoms with Crippen molar-refractivity contribution < 1.29 is 4.79 Å². The second-order valence-electron chi connectivity index (χ2n) is 4.27. The highest BCUT2D eigenvalue weighted by Crippen LogP contribution is 2.21. The van der Waals surface area contributed by atoms with Crippen LogP contribution in [0.4, 0.5) is 0 Å². The summed E-state index contributed by atoms with van der Waals surface area (Å²) in [5.41, 5.74) is 7.39. The Kier molecular flexibility index (Phi) is 5.15. The van der Waals surface area contributed by atoms with Crippen LogP contribution in [0.1, 0.15) is 38.1 Å². The van der Waals surface area contributed by atoms with E-state index in [0.717, 1.165) is 24.2 Å². The molecule has 0 aromatic carbocycles. The van der Waals surface area contributed by atoms with Gasteiger partial charge in [-0.05, 0) is 12.8 Å². The van der Waals surface area contributed by atoms with Crippen LogP contribution in [0.2, 0.25) is 5.02 Å². The molecule has 5 heteroatoms. The van der Waals surface area contributed by atoms with E-state index in [4.69, 9.17) is 17.3 Å². The minimum atomic E-state index is -0.0554.